The van der Waals surface area contributed by atoms with Gasteiger partial charge in [0, 0.05) is 17.1 Å². The predicted octanol–water partition coefficient (Wildman–Crippen LogP) is 15.7. The fraction of sp³-hybridized carbons (Fsp3) is 0.0169. The molecule has 1 heteroatoms. The highest BCUT2D eigenvalue weighted by Gasteiger charge is 2.48. The van der Waals surface area contributed by atoms with Gasteiger partial charge in [0.2, 0.25) is 0 Å². The fourth-order valence-electron chi connectivity index (χ4n) is 9.83. The molecule has 0 saturated heterocycles. The van der Waals surface area contributed by atoms with E-state index in [4.69, 9.17) is 0 Å². The Morgan fingerprint density at radius 1 is 0.267 bits per heavy atom. The highest BCUT2D eigenvalue weighted by molar-refractivity contribution is 6.15. The van der Waals surface area contributed by atoms with E-state index in [0.29, 0.717) is 0 Å². The van der Waals surface area contributed by atoms with E-state index in [0.717, 1.165) is 17.1 Å². The van der Waals surface area contributed by atoms with E-state index in [-0.39, 0.29) is 0 Å². The van der Waals surface area contributed by atoms with Crippen molar-refractivity contribution in [3.05, 3.63) is 271 Å². The van der Waals surface area contributed by atoms with Crippen molar-refractivity contribution in [1.29, 1.82) is 0 Å². The lowest BCUT2D eigenvalue weighted by molar-refractivity contribution is 0.775. The minimum absolute atomic E-state index is 0.535. The monoisotopic (exact) mass is 763 g/mol. The average molecular weight is 764 g/mol. The van der Waals surface area contributed by atoms with Gasteiger partial charge < -0.3 is 4.90 Å². The van der Waals surface area contributed by atoms with Gasteiger partial charge in [-0.25, -0.2) is 0 Å². The van der Waals surface area contributed by atoms with Crippen LogP contribution < -0.4 is 4.90 Å². The van der Waals surface area contributed by atoms with E-state index in [2.05, 4.69) is 254 Å². The number of para-hydroxylation sites is 2. The number of hydrogen-bond donors (Lipinski definition) is 0. The van der Waals surface area contributed by atoms with Gasteiger partial charge in [0.25, 0.3) is 0 Å². The maximum absolute atomic E-state index is 2.36. The SMILES string of the molecule is c1ccc(-c2c(-c3ccc(-c4ccc(N(c5ccccc5)c5ccccc5)cc4)cc3)c3c(c4ccccc24)C(c2ccccc2)(c2ccccc2)c2ccccc2-3)cc1. The summed E-state index contributed by atoms with van der Waals surface area (Å²) in [7, 11) is 0. The van der Waals surface area contributed by atoms with Crippen molar-refractivity contribution in [1.82, 2.24) is 0 Å². The highest BCUT2D eigenvalue weighted by Crippen LogP contribution is 2.62. The molecule has 0 bridgehead atoms. The molecule has 0 unspecified atom stereocenters. The quantitative estimate of drug-likeness (QED) is 0.149. The zero-order valence-electron chi connectivity index (χ0n) is 33.1. The molecule has 0 atom stereocenters. The van der Waals surface area contributed by atoms with E-state index in [1.54, 1.807) is 0 Å². The summed E-state index contributed by atoms with van der Waals surface area (Å²) in [6.07, 6.45) is 0. The first-order valence-electron chi connectivity index (χ1n) is 20.8. The molecule has 282 valence electrons. The van der Waals surface area contributed by atoms with Crippen molar-refractivity contribution < 1.29 is 0 Å². The zero-order valence-corrected chi connectivity index (χ0v) is 33.1. The Bertz CT molecular complexity index is 3010. The van der Waals surface area contributed by atoms with Gasteiger partial charge in [0.1, 0.15) is 0 Å². The van der Waals surface area contributed by atoms with Crippen molar-refractivity contribution in [3.8, 4) is 44.5 Å². The van der Waals surface area contributed by atoms with Gasteiger partial charge in [-0.1, -0.05) is 212 Å². The van der Waals surface area contributed by atoms with E-state index in [9.17, 15) is 0 Å². The van der Waals surface area contributed by atoms with Crippen molar-refractivity contribution in [2.45, 2.75) is 5.41 Å². The van der Waals surface area contributed by atoms with Crippen LogP contribution in [-0.4, -0.2) is 0 Å². The fourth-order valence-corrected chi connectivity index (χ4v) is 9.83. The molecule has 10 aromatic carbocycles. The van der Waals surface area contributed by atoms with Crippen molar-refractivity contribution in [2.75, 3.05) is 4.90 Å². The van der Waals surface area contributed by atoms with Gasteiger partial charge in [0.15, 0.2) is 0 Å². The van der Waals surface area contributed by atoms with Crippen LogP contribution in [0.4, 0.5) is 17.1 Å². The summed E-state index contributed by atoms with van der Waals surface area (Å²) in [6.45, 7) is 0. The van der Waals surface area contributed by atoms with Crippen molar-refractivity contribution in [3.63, 3.8) is 0 Å². The van der Waals surface area contributed by atoms with Crippen LogP contribution in [0.2, 0.25) is 0 Å². The summed E-state index contributed by atoms with van der Waals surface area (Å²) >= 11 is 0. The van der Waals surface area contributed by atoms with Crippen molar-refractivity contribution >= 4 is 27.8 Å². The van der Waals surface area contributed by atoms with Crippen LogP contribution in [0.5, 0.6) is 0 Å². The third-order valence-corrected chi connectivity index (χ3v) is 12.3. The van der Waals surface area contributed by atoms with Gasteiger partial charge in [0.05, 0.1) is 5.41 Å². The zero-order chi connectivity index (χ0) is 39.9. The standard InChI is InChI=1S/C59H41N/c1-6-20-44(21-7-1)55-51-30-16-17-31-52(51)58-57(53-32-18-19-33-54(53)59(58,46-22-8-2-9-23-46)47-24-10-3-11-25-47)56(55)45-36-34-42(35-37-45)43-38-40-50(41-39-43)60(48-26-12-4-13-27-48)49-28-14-5-15-29-49/h1-41H. The molecule has 1 nitrogen and oxygen atoms in total. The first-order chi connectivity index (χ1) is 29.8. The molecule has 0 spiro atoms. The minimum atomic E-state index is -0.535. The first kappa shape index (κ1) is 35.4. The molecule has 0 heterocycles. The molecule has 0 aromatic heterocycles. The topological polar surface area (TPSA) is 3.24 Å². The maximum Gasteiger partial charge on any atom is 0.0719 e. The minimum Gasteiger partial charge on any atom is -0.311 e. The molecule has 0 amide bonds. The number of hydrogen-bond acceptors (Lipinski definition) is 1. The predicted molar refractivity (Wildman–Crippen MR) is 252 cm³/mol. The smallest absolute Gasteiger partial charge is 0.0719 e. The number of benzene rings is 10. The third-order valence-electron chi connectivity index (χ3n) is 12.3. The Labute approximate surface area is 352 Å². The molecule has 60 heavy (non-hydrogen) atoms. The molecule has 0 fully saturated rings. The van der Waals surface area contributed by atoms with E-state index in [1.165, 1.54) is 77.5 Å². The lowest BCUT2D eigenvalue weighted by atomic mass is 9.66. The average Bonchev–Trinajstić information content (AvgIpc) is 3.65. The van der Waals surface area contributed by atoms with Crippen LogP contribution >= 0.6 is 0 Å². The van der Waals surface area contributed by atoms with Gasteiger partial charge in [-0.3, -0.25) is 0 Å². The maximum atomic E-state index is 2.36. The van der Waals surface area contributed by atoms with Crippen LogP contribution in [-0.2, 0) is 5.41 Å². The van der Waals surface area contributed by atoms with Crippen molar-refractivity contribution in [2.24, 2.45) is 0 Å². The lowest BCUT2D eigenvalue weighted by Crippen LogP contribution is -2.28. The van der Waals surface area contributed by atoms with Crippen LogP contribution in [0.1, 0.15) is 22.3 Å². The molecule has 0 aliphatic heterocycles. The normalized spacial score (nSPS) is 12.5. The Balaban J connectivity index is 1.13. The van der Waals surface area contributed by atoms with Crippen LogP contribution in [0.3, 0.4) is 0 Å². The second-order valence-electron chi connectivity index (χ2n) is 15.6. The van der Waals surface area contributed by atoms with Crippen LogP contribution in [0.15, 0.2) is 249 Å². The molecule has 10 aromatic rings. The molecule has 0 radical (unpaired) electrons. The molecule has 11 rings (SSSR count). The van der Waals surface area contributed by atoms with Gasteiger partial charge in [-0.2, -0.15) is 0 Å². The Morgan fingerprint density at radius 3 is 1.23 bits per heavy atom. The molecular weight excluding hydrogens is 723 g/mol. The Hall–Kier alpha value is -7.74. The number of nitrogens with zero attached hydrogens (tertiary/aromatic N) is 1. The second kappa shape index (κ2) is 14.9. The Kier molecular flexibility index (Phi) is 8.79. The molecule has 0 saturated carbocycles. The lowest BCUT2D eigenvalue weighted by Gasteiger charge is -2.35. The Morgan fingerprint density at radius 2 is 0.667 bits per heavy atom. The van der Waals surface area contributed by atoms with Crippen LogP contribution in [0, 0.1) is 0 Å². The summed E-state index contributed by atoms with van der Waals surface area (Å²) in [5, 5.41) is 2.53. The van der Waals surface area contributed by atoms with Gasteiger partial charge >= 0.3 is 0 Å². The number of rotatable bonds is 8. The summed E-state index contributed by atoms with van der Waals surface area (Å²) < 4.78 is 0. The third kappa shape index (κ3) is 5.70. The highest BCUT2D eigenvalue weighted by atomic mass is 15.1. The second-order valence-corrected chi connectivity index (χ2v) is 15.6. The first-order valence-corrected chi connectivity index (χ1v) is 20.8. The van der Waals surface area contributed by atoms with Gasteiger partial charge in [-0.05, 0) is 114 Å². The largest absolute Gasteiger partial charge is 0.311 e. The van der Waals surface area contributed by atoms with Gasteiger partial charge in [-0.15, -0.1) is 0 Å². The number of anilines is 3. The van der Waals surface area contributed by atoms with E-state index in [1.807, 2.05) is 0 Å². The summed E-state index contributed by atoms with van der Waals surface area (Å²) in [5.41, 5.74) is 17.9. The molecular formula is C59H41N. The molecule has 0 N–H and O–H groups in total. The molecule has 1 aliphatic carbocycles. The number of fused-ring (bicyclic) bond motifs is 5. The summed E-state index contributed by atoms with van der Waals surface area (Å²) in [4.78, 5) is 2.31. The molecule has 1 aliphatic rings. The van der Waals surface area contributed by atoms with E-state index < -0.39 is 5.41 Å². The summed E-state index contributed by atoms with van der Waals surface area (Å²) in [6, 6.07) is 90.9. The summed E-state index contributed by atoms with van der Waals surface area (Å²) in [5.74, 6) is 0. The van der Waals surface area contributed by atoms with Crippen LogP contribution in [0.25, 0.3) is 55.3 Å². The van der Waals surface area contributed by atoms with E-state index >= 15 is 0 Å².